The van der Waals surface area contributed by atoms with E-state index in [1.807, 2.05) is 0 Å². The van der Waals surface area contributed by atoms with Gasteiger partial charge in [-0.25, -0.2) is 9.59 Å². The van der Waals surface area contributed by atoms with E-state index in [0.717, 1.165) is 25.7 Å². The molecule has 0 atom stereocenters. The van der Waals surface area contributed by atoms with Crippen LogP contribution in [0, 0.1) is 0 Å². The maximum atomic E-state index is 11.0. The quantitative estimate of drug-likeness (QED) is 0.362. The molecule has 0 unspecified atom stereocenters. The minimum Gasteiger partial charge on any atom is -0.462 e. The largest absolute Gasteiger partial charge is 0.462 e. The molecule has 0 rings (SSSR count). The lowest BCUT2D eigenvalue weighted by Crippen LogP contribution is -2.07. The van der Waals surface area contributed by atoms with Crippen molar-refractivity contribution in [3.63, 3.8) is 0 Å². The molecule has 0 aromatic carbocycles. The Morgan fingerprint density at radius 2 is 1.09 bits per heavy atom. The third-order valence-corrected chi connectivity index (χ3v) is 2.30. The summed E-state index contributed by atoms with van der Waals surface area (Å²) >= 11 is 0. The molecule has 0 radical (unpaired) electrons. The predicted octanol–water partition coefficient (Wildman–Crippen LogP) is 1.76. The molecule has 22 heavy (non-hydrogen) atoms. The van der Waals surface area contributed by atoms with Crippen LogP contribution in [0.15, 0.2) is 24.3 Å². The van der Waals surface area contributed by atoms with Gasteiger partial charge in [-0.2, -0.15) is 0 Å². The van der Waals surface area contributed by atoms with Crippen LogP contribution in [0.1, 0.15) is 39.5 Å². The van der Waals surface area contributed by atoms with Crippen LogP contribution in [0.2, 0.25) is 0 Å². The molecule has 0 spiro atoms. The molecule has 2 N–H and O–H groups in total. The second-order valence-corrected chi connectivity index (χ2v) is 4.69. The lowest BCUT2D eigenvalue weighted by atomic mass is 10.2. The van der Waals surface area contributed by atoms with E-state index in [4.69, 9.17) is 19.7 Å². The van der Waals surface area contributed by atoms with Gasteiger partial charge in [-0.05, 0) is 39.5 Å². The summed E-state index contributed by atoms with van der Waals surface area (Å²) in [6.07, 6.45) is 3.50. The molecule has 0 aliphatic heterocycles. The lowest BCUT2D eigenvalue weighted by Gasteiger charge is -2.05. The zero-order valence-corrected chi connectivity index (χ0v) is 13.6. The Hall–Kier alpha value is -1.66. The SMILES string of the molecule is C=C(C)C(=O)OCCCCCCOC(=O)C(=C)C.OCCO. The van der Waals surface area contributed by atoms with Gasteiger partial charge < -0.3 is 19.7 Å². The summed E-state index contributed by atoms with van der Waals surface area (Å²) in [5.41, 5.74) is 0.836. The molecular weight excluding hydrogens is 288 g/mol. The molecule has 0 aromatic heterocycles. The van der Waals surface area contributed by atoms with Gasteiger partial charge in [0.05, 0.1) is 26.4 Å². The van der Waals surface area contributed by atoms with Gasteiger partial charge in [-0.3, -0.25) is 0 Å². The number of carbonyl (C=O) groups excluding carboxylic acids is 2. The maximum absolute atomic E-state index is 11.0. The molecule has 6 heteroatoms. The predicted molar refractivity (Wildman–Crippen MR) is 84.2 cm³/mol. The van der Waals surface area contributed by atoms with Crippen LogP contribution in [0.4, 0.5) is 0 Å². The molecule has 128 valence electrons. The molecule has 0 heterocycles. The minimum atomic E-state index is -0.342. The van der Waals surface area contributed by atoms with Gasteiger partial charge in [0.15, 0.2) is 0 Å². The number of hydrogen-bond donors (Lipinski definition) is 2. The molecule has 0 saturated carbocycles. The van der Waals surface area contributed by atoms with Crippen LogP contribution < -0.4 is 0 Å². The second-order valence-electron chi connectivity index (χ2n) is 4.69. The van der Waals surface area contributed by atoms with Crippen molar-refractivity contribution >= 4 is 11.9 Å². The third kappa shape index (κ3) is 16.4. The van der Waals surface area contributed by atoms with Crippen LogP contribution in [0.25, 0.3) is 0 Å². The summed E-state index contributed by atoms with van der Waals surface area (Å²) < 4.78 is 9.89. The summed E-state index contributed by atoms with van der Waals surface area (Å²) in [5.74, 6) is -0.684. The molecule has 0 bridgehead atoms. The fourth-order valence-corrected chi connectivity index (χ4v) is 1.13. The molecule has 0 aliphatic carbocycles. The number of rotatable bonds is 10. The first-order chi connectivity index (χ1) is 10.4. The van der Waals surface area contributed by atoms with Crippen LogP contribution in [0.5, 0.6) is 0 Å². The Morgan fingerprint density at radius 3 is 1.32 bits per heavy atom. The van der Waals surface area contributed by atoms with Gasteiger partial charge in [0.1, 0.15) is 0 Å². The Balaban J connectivity index is 0. The molecule has 0 aromatic rings. The summed E-state index contributed by atoms with van der Waals surface area (Å²) in [7, 11) is 0. The minimum absolute atomic E-state index is 0.125. The highest BCUT2D eigenvalue weighted by molar-refractivity contribution is 5.87. The summed E-state index contributed by atoms with van der Waals surface area (Å²) in [5, 5.41) is 15.2. The summed E-state index contributed by atoms with van der Waals surface area (Å²) in [6.45, 7) is 10.8. The van der Waals surface area contributed by atoms with Crippen molar-refractivity contribution in [2.45, 2.75) is 39.5 Å². The van der Waals surface area contributed by atoms with E-state index in [1.54, 1.807) is 13.8 Å². The first-order valence-corrected chi connectivity index (χ1v) is 7.23. The topological polar surface area (TPSA) is 93.1 Å². The number of hydrogen-bond acceptors (Lipinski definition) is 6. The fraction of sp³-hybridized carbons (Fsp3) is 0.625. The highest BCUT2D eigenvalue weighted by atomic mass is 16.5. The van der Waals surface area contributed by atoms with Gasteiger partial charge >= 0.3 is 11.9 Å². The Labute approximate surface area is 132 Å². The fourth-order valence-electron chi connectivity index (χ4n) is 1.13. The third-order valence-electron chi connectivity index (χ3n) is 2.30. The number of carbonyl (C=O) groups is 2. The standard InChI is InChI=1S/C14H22O4.C2H6O2/c1-11(2)13(15)17-9-7-5-6-8-10-18-14(16)12(3)4;3-1-2-4/h1,3,5-10H2,2,4H3;3-4H,1-2H2. The van der Waals surface area contributed by atoms with Gasteiger partial charge in [-0.15, -0.1) is 0 Å². The monoisotopic (exact) mass is 316 g/mol. The summed E-state index contributed by atoms with van der Waals surface area (Å²) in [6, 6.07) is 0. The second kappa shape index (κ2) is 15.7. The van der Waals surface area contributed by atoms with Crippen molar-refractivity contribution < 1.29 is 29.3 Å². The van der Waals surface area contributed by atoms with E-state index < -0.39 is 0 Å². The highest BCUT2D eigenvalue weighted by Gasteiger charge is 2.03. The Bertz CT molecular complexity index is 315. The van der Waals surface area contributed by atoms with Crippen LogP contribution in [-0.4, -0.2) is 48.6 Å². The molecule has 0 fully saturated rings. The average molecular weight is 316 g/mol. The first-order valence-electron chi connectivity index (χ1n) is 7.23. The lowest BCUT2D eigenvalue weighted by molar-refractivity contribution is -0.140. The zero-order chi connectivity index (χ0) is 17.4. The van der Waals surface area contributed by atoms with Gasteiger partial charge in [0, 0.05) is 11.1 Å². The molecule has 0 saturated heterocycles. The van der Waals surface area contributed by atoms with E-state index in [1.165, 1.54) is 0 Å². The van der Waals surface area contributed by atoms with E-state index in [2.05, 4.69) is 13.2 Å². The maximum Gasteiger partial charge on any atom is 0.333 e. The van der Waals surface area contributed by atoms with Crippen molar-refractivity contribution in [1.29, 1.82) is 0 Å². The van der Waals surface area contributed by atoms with E-state index in [0.29, 0.717) is 24.4 Å². The van der Waals surface area contributed by atoms with Crippen molar-refractivity contribution in [3.8, 4) is 0 Å². The van der Waals surface area contributed by atoms with Crippen molar-refractivity contribution in [1.82, 2.24) is 0 Å². The van der Waals surface area contributed by atoms with Gasteiger partial charge in [0.25, 0.3) is 0 Å². The average Bonchev–Trinajstić information content (AvgIpc) is 2.49. The Morgan fingerprint density at radius 1 is 0.773 bits per heavy atom. The number of aliphatic hydroxyl groups is 2. The Kier molecular flexibility index (Phi) is 16.2. The zero-order valence-electron chi connectivity index (χ0n) is 13.6. The van der Waals surface area contributed by atoms with E-state index in [-0.39, 0.29) is 25.2 Å². The van der Waals surface area contributed by atoms with Crippen molar-refractivity contribution in [2.75, 3.05) is 26.4 Å². The molecule has 0 amide bonds. The number of aliphatic hydroxyl groups excluding tert-OH is 2. The van der Waals surface area contributed by atoms with Gasteiger partial charge in [0.2, 0.25) is 0 Å². The van der Waals surface area contributed by atoms with Crippen molar-refractivity contribution in [2.24, 2.45) is 0 Å². The van der Waals surface area contributed by atoms with Crippen LogP contribution in [0.3, 0.4) is 0 Å². The molecule has 0 aliphatic rings. The van der Waals surface area contributed by atoms with E-state index >= 15 is 0 Å². The number of unbranched alkanes of at least 4 members (excludes halogenated alkanes) is 3. The first kappa shape index (κ1) is 22.6. The summed E-state index contributed by atoms with van der Waals surface area (Å²) in [4.78, 5) is 22.1. The smallest absolute Gasteiger partial charge is 0.333 e. The molecule has 6 nitrogen and oxygen atoms in total. The molecular formula is C16H28O6. The highest BCUT2D eigenvalue weighted by Crippen LogP contribution is 2.03. The van der Waals surface area contributed by atoms with Gasteiger partial charge in [-0.1, -0.05) is 13.2 Å². The van der Waals surface area contributed by atoms with Crippen LogP contribution >= 0.6 is 0 Å². The normalized spacial score (nSPS) is 9.27. The van der Waals surface area contributed by atoms with Crippen LogP contribution in [-0.2, 0) is 19.1 Å². The van der Waals surface area contributed by atoms with E-state index in [9.17, 15) is 9.59 Å². The number of ether oxygens (including phenoxy) is 2. The van der Waals surface area contributed by atoms with Crippen molar-refractivity contribution in [3.05, 3.63) is 24.3 Å². The number of esters is 2.